The van der Waals surface area contributed by atoms with Crippen LogP contribution >= 0.6 is 0 Å². The van der Waals surface area contributed by atoms with Gasteiger partial charge in [0.1, 0.15) is 11.6 Å². The van der Waals surface area contributed by atoms with Gasteiger partial charge in [-0.3, -0.25) is 10.00 Å². The lowest BCUT2D eigenvalue weighted by molar-refractivity contribution is 0.0631. The summed E-state index contributed by atoms with van der Waals surface area (Å²) < 4.78 is 14.6. The summed E-state index contributed by atoms with van der Waals surface area (Å²) >= 11 is 0. The fourth-order valence-electron chi connectivity index (χ4n) is 4.48. The van der Waals surface area contributed by atoms with Gasteiger partial charge in [-0.05, 0) is 50.5 Å². The zero-order chi connectivity index (χ0) is 21.6. The third-order valence-electron chi connectivity index (χ3n) is 6.02. The molecule has 30 heavy (non-hydrogen) atoms. The standard InChI is InChI=1S/C23H30FN5O/c1-13(2)20-10-25-23(4,5)12-29(20)11-15-8-19(17-7-6-16(30)9-18(17)24)26-22-21(15)14(3)27-28-22/h6-9,13,20,25,30H,10-12H2,1-5H3,(H,26,27,28). The van der Waals surface area contributed by atoms with Crippen molar-refractivity contribution in [1.29, 1.82) is 0 Å². The lowest BCUT2D eigenvalue weighted by Gasteiger charge is -2.46. The van der Waals surface area contributed by atoms with Crippen LogP contribution < -0.4 is 5.32 Å². The van der Waals surface area contributed by atoms with Gasteiger partial charge in [-0.1, -0.05) is 13.8 Å². The number of aromatic nitrogens is 3. The number of H-pyrrole nitrogens is 1. The van der Waals surface area contributed by atoms with Crippen LogP contribution in [0.4, 0.5) is 4.39 Å². The van der Waals surface area contributed by atoms with Gasteiger partial charge in [0.25, 0.3) is 0 Å². The van der Waals surface area contributed by atoms with E-state index < -0.39 is 5.82 Å². The van der Waals surface area contributed by atoms with Crippen molar-refractivity contribution in [2.45, 2.75) is 52.7 Å². The van der Waals surface area contributed by atoms with Gasteiger partial charge in [0.2, 0.25) is 0 Å². The lowest BCUT2D eigenvalue weighted by atomic mass is 9.92. The zero-order valence-electron chi connectivity index (χ0n) is 18.3. The van der Waals surface area contributed by atoms with Crippen LogP contribution in [0.3, 0.4) is 0 Å². The monoisotopic (exact) mass is 411 g/mol. The summed E-state index contributed by atoms with van der Waals surface area (Å²) in [6.45, 7) is 13.5. The van der Waals surface area contributed by atoms with Gasteiger partial charge in [0.05, 0.1) is 5.69 Å². The summed E-state index contributed by atoms with van der Waals surface area (Å²) in [6.07, 6.45) is 0. The van der Waals surface area contributed by atoms with Crippen molar-refractivity contribution in [2.75, 3.05) is 13.1 Å². The molecule has 0 spiro atoms. The molecule has 1 aliphatic heterocycles. The van der Waals surface area contributed by atoms with Crippen LogP contribution in [0.2, 0.25) is 0 Å². The third kappa shape index (κ3) is 3.91. The minimum atomic E-state index is -0.497. The van der Waals surface area contributed by atoms with Crippen LogP contribution in [0.1, 0.15) is 39.0 Å². The number of fused-ring (bicyclic) bond motifs is 1. The van der Waals surface area contributed by atoms with Gasteiger partial charge in [0.15, 0.2) is 5.65 Å². The molecule has 1 fully saturated rings. The molecule has 0 radical (unpaired) electrons. The summed E-state index contributed by atoms with van der Waals surface area (Å²) in [5.41, 5.74) is 3.53. The first-order valence-electron chi connectivity index (χ1n) is 10.5. The average molecular weight is 412 g/mol. The Hall–Kier alpha value is -2.51. The number of aromatic hydroxyl groups is 1. The highest BCUT2D eigenvalue weighted by atomic mass is 19.1. The second-order valence-corrected chi connectivity index (χ2v) is 9.36. The molecule has 1 unspecified atom stereocenters. The van der Waals surface area contributed by atoms with Crippen LogP contribution in [-0.2, 0) is 6.54 Å². The first-order chi connectivity index (χ1) is 14.1. The predicted octanol–water partition coefficient (Wildman–Crippen LogP) is 3.99. The summed E-state index contributed by atoms with van der Waals surface area (Å²) in [7, 11) is 0. The van der Waals surface area contributed by atoms with E-state index in [0.717, 1.165) is 42.3 Å². The number of hydrogen-bond acceptors (Lipinski definition) is 5. The summed E-state index contributed by atoms with van der Waals surface area (Å²) in [6, 6.07) is 6.53. The Morgan fingerprint density at radius 1 is 1.30 bits per heavy atom. The number of nitrogens with one attached hydrogen (secondary N) is 2. The van der Waals surface area contributed by atoms with E-state index in [-0.39, 0.29) is 11.3 Å². The molecule has 1 aromatic carbocycles. The van der Waals surface area contributed by atoms with E-state index in [0.29, 0.717) is 28.9 Å². The second-order valence-electron chi connectivity index (χ2n) is 9.36. The summed E-state index contributed by atoms with van der Waals surface area (Å²) in [5, 5.41) is 21.6. The number of nitrogens with zero attached hydrogens (tertiary/aromatic N) is 3. The highest BCUT2D eigenvalue weighted by molar-refractivity contribution is 5.84. The van der Waals surface area contributed by atoms with Gasteiger partial charge in [-0.15, -0.1) is 0 Å². The molecule has 1 atom stereocenters. The van der Waals surface area contributed by atoms with Gasteiger partial charge < -0.3 is 10.4 Å². The molecule has 3 heterocycles. The second kappa shape index (κ2) is 7.63. The van der Waals surface area contributed by atoms with Crippen LogP contribution in [0.5, 0.6) is 5.75 Å². The Labute approximate surface area is 176 Å². The van der Waals surface area contributed by atoms with Crippen LogP contribution in [-0.4, -0.2) is 49.9 Å². The molecular weight excluding hydrogens is 381 g/mol. The molecular formula is C23H30FN5O. The largest absolute Gasteiger partial charge is 0.508 e. The molecule has 1 aliphatic rings. The number of halogens is 1. The number of piperazine rings is 1. The number of phenolic OH excluding ortho intramolecular Hbond substituents is 1. The normalized spacial score (nSPS) is 19.6. The smallest absolute Gasteiger partial charge is 0.182 e. The maximum absolute atomic E-state index is 14.6. The molecule has 1 saturated heterocycles. The number of pyridine rings is 1. The van der Waals surface area contributed by atoms with E-state index in [1.165, 1.54) is 6.07 Å². The van der Waals surface area contributed by atoms with E-state index in [1.807, 2.05) is 13.0 Å². The number of benzene rings is 1. The number of hydrogen-bond donors (Lipinski definition) is 3. The minimum absolute atomic E-state index is 0.0227. The lowest BCUT2D eigenvalue weighted by Crippen LogP contribution is -2.62. The van der Waals surface area contributed by atoms with E-state index in [4.69, 9.17) is 0 Å². The molecule has 4 rings (SSSR count). The number of aryl methyl sites for hydroxylation is 1. The molecule has 0 amide bonds. The highest BCUT2D eigenvalue weighted by Crippen LogP contribution is 2.31. The quantitative estimate of drug-likeness (QED) is 0.605. The van der Waals surface area contributed by atoms with E-state index in [9.17, 15) is 9.50 Å². The van der Waals surface area contributed by atoms with Gasteiger partial charge >= 0.3 is 0 Å². The Bertz CT molecular complexity index is 1070. The Morgan fingerprint density at radius 2 is 2.07 bits per heavy atom. The molecule has 7 heteroatoms. The molecule has 160 valence electrons. The van der Waals surface area contributed by atoms with E-state index in [1.54, 1.807) is 6.07 Å². The maximum Gasteiger partial charge on any atom is 0.182 e. The summed E-state index contributed by atoms with van der Waals surface area (Å²) in [5.74, 6) is -0.0928. The van der Waals surface area contributed by atoms with E-state index in [2.05, 4.69) is 53.1 Å². The predicted molar refractivity (Wildman–Crippen MR) is 117 cm³/mol. The average Bonchev–Trinajstić information content (AvgIpc) is 3.02. The van der Waals surface area contributed by atoms with Crippen molar-refractivity contribution in [2.24, 2.45) is 5.92 Å². The maximum atomic E-state index is 14.6. The number of phenols is 1. The molecule has 0 saturated carbocycles. The van der Waals surface area contributed by atoms with Gasteiger partial charge in [0, 0.05) is 53.9 Å². The highest BCUT2D eigenvalue weighted by Gasteiger charge is 2.34. The zero-order valence-corrected chi connectivity index (χ0v) is 18.3. The molecule has 2 aromatic heterocycles. The topological polar surface area (TPSA) is 77.1 Å². The van der Waals surface area contributed by atoms with Crippen molar-refractivity contribution in [1.82, 2.24) is 25.4 Å². The SMILES string of the molecule is Cc1[nH]nc2nc(-c3ccc(O)cc3F)cc(CN3CC(C)(C)NCC3C(C)C)c12. The fraction of sp³-hybridized carbons (Fsp3) is 0.478. The summed E-state index contributed by atoms with van der Waals surface area (Å²) in [4.78, 5) is 7.11. The molecule has 3 N–H and O–H groups in total. The van der Waals surface area contributed by atoms with Crippen molar-refractivity contribution < 1.29 is 9.50 Å². The Balaban J connectivity index is 1.80. The molecule has 6 nitrogen and oxygen atoms in total. The van der Waals surface area contributed by atoms with Crippen molar-refractivity contribution in [3.8, 4) is 17.0 Å². The minimum Gasteiger partial charge on any atom is -0.508 e. The van der Waals surface area contributed by atoms with Crippen LogP contribution in [0.15, 0.2) is 24.3 Å². The molecule has 3 aromatic rings. The van der Waals surface area contributed by atoms with Crippen molar-refractivity contribution >= 4 is 11.0 Å². The van der Waals surface area contributed by atoms with Crippen LogP contribution in [0, 0.1) is 18.7 Å². The fourth-order valence-corrected chi connectivity index (χ4v) is 4.48. The Morgan fingerprint density at radius 3 is 2.77 bits per heavy atom. The molecule has 0 bridgehead atoms. The first-order valence-corrected chi connectivity index (χ1v) is 10.5. The number of aromatic amines is 1. The first kappa shape index (κ1) is 20.8. The van der Waals surface area contributed by atoms with E-state index >= 15 is 0 Å². The van der Waals surface area contributed by atoms with Gasteiger partial charge in [-0.25, -0.2) is 9.37 Å². The van der Waals surface area contributed by atoms with Crippen molar-refractivity contribution in [3.05, 3.63) is 41.3 Å². The Kier molecular flexibility index (Phi) is 5.28. The van der Waals surface area contributed by atoms with Crippen molar-refractivity contribution in [3.63, 3.8) is 0 Å². The molecule has 0 aliphatic carbocycles. The van der Waals surface area contributed by atoms with Gasteiger partial charge in [-0.2, -0.15) is 5.10 Å². The number of rotatable bonds is 4. The van der Waals surface area contributed by atoms with Crippen LogP contribution in [0.25, 0.3) is 22.3 Å². The third-order valence-corrected chi connectivity index (χ3v) is 6.02.